The molecule has 6 nitrogen and oxygen atoms in total. The second-order valence-corrected chi connectivity index (χ2v) is 5.91. The molecular weight excluding hydrogens is 336 g/mol. The largest absolute Gasteiger partial charge is 0.422 e. The first-order chi connectivity index (χ1) is 12.1. The van der Waals surface area contributed by atoms with Gasteiger partial charge in [0, 0.05) is 29.7 Å². The number of esters is 1. The number of hydrogen-bond donors (Lipinski definition) is 1. The Bertz CT molecular complexity index is 887. The van der Waals surface area contributed by atoms with Gasteiger partial charge in [0.2, 0.25) is 0 Å². The first-order valence-electron chi connectivity index (χ1n) is 7.54. The number of ether oxygens (including phenoxy) is 1. The summed E-state index contributed by atoms with van der Waals surface area (Å²) in [6.45, 7) is 1.91. The molecule has 1 N–H and O–H groups in total. The third kappa shape index (κ3) is 4.54. The molecule has 126 valence electrons. The maximum atomic E-state index is 12.1. The Morgan fingerprint density at radius 2 is 2.00 bits per heavy atom. The summed E-state index contributed by atoms with van der Waals surface area (Å²) in [7, 11) is 0. The maximum Gasteiger partial charge on any atom is 0.362 e. The fraction of sp³-hybridized carbons (Fsp3) is 0.111. The fourth-order valence-corrected chi connectivity index (χ4v) is 2.55. The normalized spacial score (nSPS) is 10.3. The van der Waals surface area contributed by atoms with E-state index in [0.29, 0.717) is 16.7 Å². The number of aromatic nitrogens is 3. The van der Waals surface area contributed by atoms with Crippen molar-refractivity contribution >= 4 is 29.2 Å². The third-order valence-corrected chi connectivity index (χ3v) is 3.76. The van der Waals surface area contributed by atoms with Gasteiger partial charge in [0.05, 0.1) is 0 Å². The first kappa shape index (κ1) is 16.9. The summed E-state index contributed by atoms with van der Waals surface area (Å²) < 4.78 is 5.37. The SMILES string of the molecule is CSc1nc(C)cc(Nc2cccc(OC(=O)c3ccccn3)c2)n1. The van der Waals surface area contributed by atoms with Gasteiger partial charge in [-0.05, 0) is 37.4 Å². The van der Waals surface area contributed by atoms with Crippen molar-refractivity contribution in [2.75, 3.05) is 11.6 Å². The van der Waals surface area contributed by atoms with Gasteiger partial charge >= 0.3 is 5.97 Å². The smallest absolute Gasteiger partial charge is 0.362 e. The molecule has 0 aliphatic heterocycles. The molecule has 2 heterocycles. The number of thioether (sulfide) groups is 1. The quantitative estimate of drug-likeness (QED) is 0.323. The second kappa shape index (κ2) is 7.76. The Labute approximate surface area is 149 Å². The third-order valence-electron chi connectivity index (χ3n) is 3.21. The number of carbonyl (C=O) groups is 1. The lowest BCUT2D eigenvalue weighted by atomic mass is 10.3. The Kier molecular flexibility index (Phi) is 5.25. The molecule has 0 aliphatic rings. The highest BCUT2D eigenvalue weighted by Crippen LogP contribution is 2.22. The number of hydrogen-bond acceptors (Lipinski definition) is 7. The molecule has 0 aliphatic carbocycles. The van der Waals surface area contributed by atoms with Crippen molar-refractivity contribution in [1.29, 1.82) is 0 Å². The van der Waals surface area contributed by atoms with Crippen LogP contribution in [0.4, 0.5) is 11.5 Å². The first-order valence-corrected chi connectivity index (χ1v) is 8.76. The van der Waals surface area contributed by atoms with Crippen LogP contribution in [0.15, 0.2) is 59.9 Å². The van der Waals surface area contributed by atoms with E-state index in [1.165, 1.54) is 11.8 Å². The van der Waals surface area contributed by atoms with Crippen LogP contribution in [-0.4, -0.2) is 27.2 Å². The van der Waals surface area contributed by atoms with E-state index >= 15 is 0 Å². The molecule has 7 heteroatoms. The predicted molar refractivity (Wildman–Crippen MR) is 97.5 cm³/mol. The van der Waals surface area contributed by atoms with Crippen molar-refractivity contribution < 1.29 is 9.53 Å². The van der Waals surface area contributed by atoms with Gasteiger partial charge in [-0.15, -0.1) is 0 Å². The molecular formula is C18H16N4O2S. The summed E-state index contributed by atoms with van der Waals surface area (Å²) in [5.74, 6) is 0.613. The predicted octanol–water partition coefficient (Wildman–Crippen LogP) is 3.86. The van der Waals surface area contributed by atoms with Crippen LogP contribution in [0, 0.1) is 6.92 Å². The van der Waals surface area contributed by atoms with Crippen LogP contribution < -0.4 is 10.1 Å². The minimum atomic E-state index is -0.500. The van der Waals surface area contributed by atoms with Crippen molar-refractivity contribution in [3.63, 3.8) is 0 Å². The Morgan fingerprint density at radius 1 is 1.12 bits per heavy atom. The van der Waals surface area contributed by atoms with Crippen molar-refractivity contribution in [1.82, 2.24) is 15.0 Å². The van der Waals surface area contributed by atoms with Gasteiger partial charge in [-0.1, -0.05) is 23.9 Å². The van der Waals surface area contributed by atoms with Crippen LogP contribution in [0.5, 0.6) is 5.75 Å². The molecule has 2 aromatic heterocycles. The molecule has 0 radical (unpaired) electrons. The van der Waals surface area contributed by atoms with E-state index < -0.39 is 5.97 Å². The standard InChI is InChI=1S/C18H16N4O2S/c1-12-10-16(22-18(20-12)25-2)21-13-6-5-7-14(11-13)24-17(23)15-8-3-4-9-19-15/h3-11H,1-2H3,(H,20,21,22). The minimum absolute atomic E-state index is 0.261. The number of pyridine rings is 1. The minimum Gasteiger partial charge on any atom is -0.422 e. The number of nitrogens with one attached hydrogen (secondary N) is 1. The number of rotatable bonds is 5. The maximum absolute atomic E-state index is 12.1. The van der Waals surface area contributed by atoms with Crippen LogP contribution in [0.2, 0.25) is 0 Å². The van der Waals surface area contributed by atoms with E-state index in [1.807, 2.05) is 25.3 Å². The summed E-state index contributed by atoms with van der Waals surface area (Å²) in [4.78, 5) is 24.8. The molecule has 0 fully saturated rings. The fourth-order valence-electron chi connectivity index (χ4n) is 2.12. The highest BCUT2D eigenvalue weighted by atomic mass is 32.2. The Hall–Kier alpha value is -2.93. The van der Waals surface area contributed by atoms with Gasteiger partial charge in [-0.3, -0.25) is 0 Å². The van der Waals surface area contributed by atoms with Crippen LogP contribution in [0.25, 0.3) is 0 Å². The van der Waals surface area contributed by atoms with Crippen molar-refractivity contribution in [3.05, 3.63) is 66.1 Å². The number of benzene rings is 1. The van der Waals surface area contributed by atoms with E-state index in [2.05, 4.69) is 20.3 Å². The molecule has 0 saturated heterocycles. The van der Waals surface area contributed by atoms with Gasteiger partial charge in [0.1, 0.15) is 17.3 Å². The summed E-state index contributed by atoms with van der Waals surface area (Å²) in [6.07, 6.45) is 3.48. The number of anilines is 2. The molecule has 0 unspecified atom stereocenters. The van der Waals surface area contributed by atoms with Crippen molar-refractivity contribution in [2.45, 2.75) is 12.1 Å². The summed E-state index contributed by atoms with van der Waals surface area (Å²) in [6, 6.07) is 14.1. The lowest BCUT2D eigenvalue weighted by Crippen LogP contribution is -2.10. The topological polar surface area (TPSA) is 77.0 Å². The lowest BCUT2D eigenvalue weighted by molar-refractivity contribution is 0.0729. The van der Waals surface area contributed by atoms with Crippen LogP contribution >= 0.6 is 11.8 Å². The summed E-state index contributed by atoms with van der Waals surface area (Å²) in [5.41, 5.74) is 1.90. The average molecular weight is 352 g/mol. The zero-order valence-electron chi connectivity index (χ0n) is 13.8. The van der Waals surface area contributed by atoms with Crippen LogP contribution in [-0.2, 0) is 0 Å². The molecule has 0 spiro atoms. The molecule has 1 aromatic carbocycles. The number of carbonyl (C=O) groups excluding carboxylic acids is 1. The molecule has 0 amide bonds. The Morgan fingerprint density at radius 3 is 2.76 bits per heavy atom. The molecule has 0 bridgehead atoms. The monoisotopic (exact) mass is 352 g/mol. The summed E-state index contributed by atoms with van der Waals surface area (Å²) >= 11 is 1.48. The van der Waals surface area contributed by atoms with Gasteiger partial charge in [0.25, 0.3) is 0 Å². The van der Waals surface area contributed by atoms with Gasteiger partial charge in [0.15, 0.2) is 5.16 Å². The van der Waals surface area contributed by atoms with Crippen LogP contribution in [0.3, 0.4) is 0 Å². The molecule has 0 saturated carbocycles. The zero-order chi connectivity index (χ0) is 17.6. The van der Waals surface area contributed by atoms with Gasteiger partial charge in [-0.2, -0.15) is 0 Å². The van der Waals surface area contributed by atoms with Crippen LogP contribution in [0.1, 0.15) is 16.2 Å². The van der Waals surface area contributed by atoms with E-state index in [4.69, 9.17) is 4.74 Å². The van der Waals surface area contributed by atoms with Crippen molar-refractivity contribution in [2.24, 2.45) is 0 Å². The second-order valence-electron chi connectivity index (χ2n) is 5.14. The highest BCUT2D eigenvalue weighted by Gasteiger charge is 2.10. The molecule has 0 atom stereocenters. The lowest BCUT2D eigenvalue weighted by Gasteiger charge is -2.09. The van der Waals surface area contributed by atoms with Crippen molar-refractivity contribution in [3.8, 4) is 5.75 Å². The molecule has 3 rings (SSSR count). The van der Waals surface area contributed by atoms with Gasteiger partial charge < -0.3 is 10.1 Å². The number of aryl methyl sites for hydroxylation is 1. The van der Waals surface area contributed by atoms with E-state index in [-0.39, 0.29) is 5.69 Å². The Balaban J connectivity index is 1.75. The zero-order valence-corrected chi connectivity index (χ0v) is 14.6. The van der Waals surface area contributed by atoms with E-state index in [0.717, 1.165) is 11.4 Å². The highest BCUT2D eigenvalue weighted by molar-refractivity contribution is 7.98. The van der Waals surface area contributed by atoms with Gasteiger partial charge in [-0.25, -0.2) is 19.7 Å². The molecule has 25 heavy (non-hydrogen) atoms. The van der Waals surface area contributed by atoms with E-state index in [1.54, 1.807) is 42.6 Å². The molecule has 3 aromatic rings. The van der Waals surface area contributed by atoms with E-state index in [9.17, 15) is 4.79 Å². The summed E-state index contributed by atoms with van der Waals surface area (Å²) in [5, 5.41) is 3.90. The average Bonchev–Trinajstić information content (AvgIpc) is 2.62. The number of nitrogens with zero attached hydrogens (tertiary/aromatic N) is 3.